The lowest BCUT2D eigenvalue weighted by Gasteiger charge is -2.15. The average molecular weight is 293 g/mol. The van der Waals surface area contributed by atoms with Crippen LogP contribution in [0.25, 0.3) is 0 Å². The van der Waals surface area contributed by atoms with Crippen molar-refractivity contribution in [3.63, 3.8) is 0 Å². The van der Waals surface area contributed by atoms with Crippen LogP contribution < -0.4 is 11.2 Å². The molecule has 0 bridgehead atoms. The van der Waals surface area contributed by atoms with Crippen molar-refractivity contribution in [2.75, 3.05) is 6.61 Å². The highest BCUT2D eigenvalue weighted by molar-refractivity contribution is 6.30. The Balaban J connectivity index is 2.16. The van der Waals surface area contributed by atoms with Gasteiger partial charge >= 0.3 is 5.69 Å². The molecule has 1 aliphatic carbocycles. The summed E-state index contributed by atoms with van der Waals surface area (Å²) in [5.74, 6) is -0.00574. The minimum Gasteiger partial charge on any atom is -0.396 e. The summed E-state index contributed by atoms with van der Waals surface area (Å²) in [7, 11) is 0. The molecule has 2 N–H and O–H groups in total. The van der Waals surface area contributed by atoms with Crippen LogP contribution in [-0.4, -0.2) is 21.3 Å². The Morgan fingerprint density at radius 3 is 2.70 bits per heavy atom. The Bertz CT molecular complexity index is 765. The average Bonchev–Trinajstić information content (AvgIpc) is 2.82. The second-order valence-electron chi connectivity index (χ2n) is 4.90. The largest absolute Gasteiger partial charge is 0.396 e. The molecule has 1 aromatic carbocycles. The van der Waals surface area contributed by atoms with Gasteiger partial charge in [0.1, 0.15) is 5.02 Å². The van der Waals surface area contributed by atoms with Crippen molar-refractivity contribution in [1.82, 2.24) is 9.55 Å². The first-order chi connectivity index (χ1) is 9.61. The van der Waals surface area contributed by atoms with Crippen LogP contribution in [0.1, 0.15) is 29.5 Å². The van der Waals surface area contributed by atoms with Crippen LogP contribution in [0.2, 0.25) is 5.02 Å². The van der Waals surface area contributed by atoms with Crippen molar-refractivity contribution in [3.05, 3.63) is 67.4 Å². The summed E-state index contributed by atoms with van der Waals surface area (Å²) in [6.07, 6.45) is 1.97. The third-order valence-electron chi connectivity index (χ3n) is 3.78. The van der Waals surface area contributed by atoms with Gasteiger partial charge in [0.05, 0.1) is 12.6 Å². The second kappa shape index (κ2) is 4.92. The van der Waals surface area contributed by atoms with Crippen molar-refractivity contribution in [2.24, 2.45) is 0 Å². The summed E-state index contributed by atoms with van der Waals surface area (Å²) in [6.45, 7) is 0.0271. The lowest BCUT2D eigenvalue weighted by Crippen LogP contribution is -2.32. The maximum Gasteiger partial charge on any atom is 0.328 e. The number of H-pyrrole nitrogens is 1. The Morgan fingerprint density at radius 1 is 1.30 bits per heavy atom. The van der Waals surface area contributed by atoms with Crippen LogP contribution in [0, 0.1) is 0 Å². The van der Waals surface area contributed by atoms with E-state index < -0.39 is 11.2 Å². The van der Waals surface area contributed by atoms with Gasteiger partial charge in [-0.2, -0.15) is 0 Å². The molecule has 20 heavy (non-hydrogen) atoms. The minimum atomic E-state index is -0.585. The summed E-state index contributed by atoms with van der Waals surface area (Å²) < 4.78 is 1.43. The number of hydrogen-bond acceptors (Lipinski definition) is 3. The van der Waals surface area contributed by atoms with Crippen LogP contribution in [0.4, 0.5) is 0 Å². The Labute approximate surface area is 119 Å². The first kappa shape index (κ1) is 13.1. The molecule has 0 saturated carbocycles. The molecule has 6 heteroatoms. The van der Waals surface area contributed by atoms with E-state index in [1.807, 2.05) is 24.3 Å². The number of aromatic amines is 1. The molecule has 3 rings (SSSR count). The van der Waals surface area contributed by atoms with Gasteiger partial charge in [0, 0.05) is 12.1 Å². The standard InChI is InChI=1S/C14H13ClN2O3/c15-11-6-17(14(20)16-13(11)19)12-5-8(7-18)9-3-1-2-4-10(9)12/h1-4,6,8,12,18H,5,7H2,(H,16,19,20)/t8-,12-/m0/s1. The molecule has 0 spiro atoms. The summed E-state index contributed by atoms with van der Waals surface area (Å²) in [6, 6.07) is 7.47. The van der Waals surface area contributed by atoms with Crippen LogP contribution >= 0.6 is 11.6 Å². The van der Waals surface area contributed by atoms with E-state index in [4.69, 9.17) is 11.6 Å². The SMILES string of the molecule is O=c1[nH]c(=O)n([C@H]2C[C@@H](CO)c3ccccc32)cc1Cl. The molecule has 2 atom stereocenters. The number of nitrogens with zero attached hydrogens (tertiary/aromatic N) is 1. The topological polar surface area (TPSA) is 75.1 Å². The van der Waals surface area contributed by atoms with E-state index in [2.05, 4.69) is 4.98 Å². The van der Waals surface area contributed by atoms with E-state index in [1.54, 1.807) is 0 Å². The van der Waals surface area contributed by atoms with E-state index in [0.29, 0.717) is 6.42 Å². The van der Waals surface area contributed by atoms with Gasteiger partial charge in [-0.05, 0) is 17.5 Å². The lowest BCUT2D eigenvalue weighted by molar-refractivity contribution is 0.258. The van der Waals surface area contributed by atoms with Crippen LogP contribution in [0.15, 0.2) is 40.1 Å². The molecule has 5 nitrogen and oxygen atoms in total. The predicted molar refractivity (Wildman–Crippen MR) is 75.4 cm³/mol. The number of hydrogen-bond donors (Lipinski definition) is 2. The summed E-state index contributed by atoms with van der Waals surface area (Å²) in [5, 5.41) is 9.46. The summed E-state index contributed by atoms with van der Waals surface area (Å²) >= 11 is 5.81. The quantitative estimate of drug-likeness (QED) is 0.875. The third kappa shape index (κ3) is 1.99. The van der Waals surface area contributed by atoms with Crippen LogP contribution in [0.3, 0.4) is 0 Å². The van der Waals surface area contributed by atoms with E-state index >= 15 is 0 Å². The molecular formula is C14H13ClN2O3. The number of aliphatic hydroxyl groups is 1. The fraction of sp³-hybridized carbons (Fsp3) is 0.286. The summed E-state index contributed by atoms with van der Waals surface area (Å²) in [4.78, 5) is 25.5. The molecule has 1 aromatic heterocycles. The van der Waals surface area contributed by atoms with E-state index in [-0.39, 0.29) is 23.6 Å². The molecule has 0 unspecified atom stereocenters. The highest BCUT2D eigenvalue weighted by atomic mass is 35.5. The number of rotatable bonds is 2. The van der Waals surface area contributed by atoms with Crippen LogP contribution in [0.5, 0.6) is 0 Å². The van der Waals surface area contributed by atoms with E-state index in [0.717, 1.165) is 11.1 Å². The monoisotopic (exact) mass is 292 g/mol. The third-order valence-corrected chi connectivity index (χ3v) is 4.05. The molecule has 1 heterocycles. The molecular weight excluding hydrogens is 280 g/mol. The molecule has 0 fully saturated rings. The minimum absolute atomic E-state index is 0.00574. The van der Waals surface area contributed by atoms with Gasteiger partial charge < -0.3 is 5.11 Å². The van der Waals surface area contributed by atoms with Gasteiger partial charge in [-0.15, -0.1) is 0 Å². The molecule has 0 aliphatic heterocycles. The van der Waals surface area contributed by atoms with Gasteiger partial charge in [-0.1, -0.05) is 35.9 Å². The highest BCUT2D eigenvalue weighted by Gasteiger charge is 2.32. The van der Waals surface area contributed by atoms with Gasteiger partial charge in [0.2, 0.25) is 0 Å². The van der Waals surface area contributed by atoms with E-state index in [1.165, 1.54) is 10.8 Å². The zero-order valence-electron chi connectivity index (χ0n) is 10.5. The maximum absolute atomic E-state index is 12.0. The zero-order chi connectivity index (χ0) is 14.3. The zero-order valence-corrected chi connectivity index (χ0v) is 11.3. The lowest BCUT2D eigenvalue weighted by atomic mass is 10.0. The number of fused-ring (bicyclic) bond motifs is 1. The number of benzene rings is 1. The first-order valence-electron chi connectivity index (χ1n) is 6.32. The Morgan fingerprint density at radius 2 is 2.00 bits per heavy atom. The Kier molecular flexibility index (Phi) is 3.23. The van der Waals surface area contributed by atoms with Gasteiger partial charge in [-0.3, -0.25) is 14.3 Å². The molecule has 0 radical (unpaired) electrons. The molecule has 2 aromatic rings. The van der Waals surface area contributed by atoms with Gasteiger partial charge in [-0.25, -0.2) is 4.79 Å². The number of halogens is 1. The van der Waals surface area contributed by atoms with Crippen molar-refractivity contribution >= 4 is 11.6 Å². The molecule has 104 valence electrons. The highest BCUT2D eigenvalue weighted by Crippen LogP contribution is 2.41. The normalized spacial score (nSPS) is 20.9. The van der Waals surface area contributed by atoms with Crippen molar-refractivity contribution < 1.29 is 5.11 Å². The maximum atomic E-state index is 12.0. The molecule has 0 amide bonds. The van der Waals surface area contributed by atoms with Crippen LogP contribution in [-0.2, 0) is 0 Å². The van der Waals surface area contributed by atoms with Crippen molar-refractivity contribution in [1.29, 1.82) is 0 Å². The number of nitrogens with one attached hydrogen (secondary N) is 1. The summed E-state index contributed by atoms with van der Waals surface area (Å²) in [5.41, 5.74) is 0.946. The fourth-order valence-electron chi connectivity index (χ4n) is 2.84. The fourth-order valence-corrected chi connectivity index (χ4v) is 2.99. The molecule has 1 aliphatic rings. The van der Waals surface area contributed by atoms with Gasteiger partial charge in [0.25, 0.3) is 5.56 Å². The second-order valence-corrected chi connectivity index (χ2v) is 5.31. The van der Waals surface area contributed by atoms with Crippen molar-refractivity contribution in [3.8, 4) is 0 Å². The number of aliphatic hydroxyl groups excluding tert-OH is 1. The Hall–Kier alpha value is -1.85. The smallest absolute Gasteiger partial charge is 0.328 e. The van der Waals surface area contributed by atoms with Gasteiger partial charge in [0.15, 0.2) is 0 Å². The molecule has 0 saturated heterocycles. The predicted octanol–water partition coefficient (Wildman–Crippen LogP) is 1.26. The first-order valence-corrected chi connectivity index (χ1v) is 6.70. The van der Waals surface area contributed by atoms with Crippen molar-refractivity contribution in [2.45, 2.75) is 18.4 Å². The number of aromatic nitrogens is 2. The van der Waals surface area contributed by atoms with E-state index in [9.17, 15) is 14.7 Å².